The van der Waals surface area contributed by atoms with E-state index in [1.165, 1.54) is 6.07 Å². The number of nitriles is 1. The Bertz CT molecular complexity index is 1500. The maximum absolute atomic E-state index is 13.7. The lowest BCUT2D eigenvalue weighted by molar-refractivity contribution is 0.623. The van der Waals surface area contributed by atoms with Crippen LogP contribution in [0.2, 0.25) is 0 Å². The van der Waals surface area contributed by atoms with Gasteiger partial charge in [-0.2, -0.15) is 5.26 Å². The summed E-state index contributed by atoms with van der Waals surface area (Å²) in [5.74, 6) is 0.159. The lowest BCUT2D eigenvalue weighted by Gasteiger charge is -2.04. The van der Waals surface area contributed by atoms with E-state index < -0.39 is 5.82 Å². The van der Waals surface area contributed by atoms with Gasteiger partial charge in [-0.1, -0.05) is 18.2 Å². The molecule has 0 aliphatic carbocycles. The molecule has 3 aromatic heterocycles. The van der Waals surface area contributed by atoms with Gasteiger partial charge in [0, 0.05) is 30.1 Å². The largest absolute Gasteiger partial charge is 0.340 e. The van der Waals surface area contributed by atoms with Crippen LogP contribution in [0.5, 0.6) is 0 Å². The van der Waals surface area contributed by atoms with Gasteiger partial charge in [0.2, 0.25) is 0 Å². The van der Waals surface area contributed by atoms with E-state index in [-0.39, 0.29) is 5.56 Å². The summed E-state index contributed by atoms with van der Waals surface area (Å²) in [5.41, 5.74) is 6.46. The van der Waals surface area contributed by atoms with Crippen LogP contribution in [0.15, 0.2) is 67.0 Å². The molecule has 0 unspecified atom stereocenters. The van der Waals surface area contributed by atoms with Crippen molar-refractivity contribution >= 4 is 11.0 Å². The normalized spacial score (nSPS) is 10.9. The third-order valence-corrected chi connectivity index (χ3v) is 5.16. The van der Waals surface area contributed by atoms with Crippen molar-refractivity contribution in [2.75, 3.05) is 0 Å². The summed E-state index contributed by atoms with van der Waals surface area (Å²) >= 11 is 0. The average molecular weight is 420 g/mol. The van der Waals surface area contributed by atoms with Gasteiger partial charge in [-0.25, -0.2) is 9.37 Å². The van der Waals surface area contributed by atoms with Gasteiger partial charge in [0.25, 0.3) is 0 Å². The first-order valence-corrected chi connectivity index (χ1v) is 10.0. The monoisotopic (exact) mass is 420 g/mol. The van der Waals surface area contributed by atoms with Gasteiger partial charge in [-0.05, 0) is 48.9 Å². The molecule has 0 atom stereocenters. The highest BCUT2D eigenvalue weighted by atomic mass is 19.1. The molecule has 0 saturated carbocycles. The van der Waals surface area contributed by atoms with Crippen molar-refractivity contribution in [1.82, 2.24) is 24.9 Å². The van der Waals surface area contributed by atoms with Gasteiger partial charge in [0.1, 0.15) is 17.7 Å². The van der Waals surface area contributed by atoms with Crippen molar-refractivity contribution in [3.8, 4) is 28.7 Å². The highest BCUT2D eigenvalue weighted by Gasteiger charge is 2.17. The van der Waals surface area contributed by atoms with Crippen LogP contribution in [-0.4, -0.2) is 24.9 Å². The Hall–Kier alpha value is -4.44. The summed E-state index contributed by atoms with van der Waals surface area (Å²) in [6, 6.07) is 18.1. The average Bonchev–Trinajstić information content (AvgIpc) is 3.24. The number of aromatic nitrogens is 5. The molecule has 5 rings (SSSR count). The number of aromatic amines is 1. The highest BCUT2D eigenvalue weighted by Crippen LogP contribution is 2.31. The van der Waals surface area contributed by atoms with Crippen LogP contribution in [0.25, 0.3) is 33.7 Å². The van der Waals surface area contributed by atoms with Gasteiger partial charge in [-0.3, -0.25) is 15.0 Å². The molecule has 0 radical (unpaired) electrons. The van der Waals surface area contributed by atoms with Gasteiger partial charge in [0.05, 0.1) is 33.7 Å². The van der Waals surface area contributed by atoms with Crippen molar-refractivity contribution in [2.24, 2.45) is 0 Å². The van der Waals surface area contributed by atoms with Crippen LogP contribution in [-0.2, 0) is 6.42 Å². The number of hydrogen-bond donors (Lipinski definition) is 1. The lowest BCUT2D eigenvalue weighted by atomic mass is 10.1. The molecule has 0 bridgehead atoms. The second kappa shape index (κ2) is 8.00. The third-order valence-electron chi connectivity index (χ3n) is 5.16. The molecule has 0 spiro atoms. The van der Waals surface area contributed by atoms with E-state index in [1.54, 1.807) is 24.5 Å². The molecule has 3 heterocycles. The molecule has 0 saturated heterocycles. The van der Waals surface area contributed by atoms with Crippen molar-refractivity contribution in [3.63, 3.8) is 0 Å². The van der Waals surface area contributed by atoms with Crippen LogP contribution < -0.4 is 0 Å². The SMILES string of the molecule is Cc1cccc(-c2[nH]c(Cc3ccc(F)c(C#N)c3)nc2-c2ccc3nccnc3c2)n1. The van der Waals surface area contributed by atoms with Crippen LogP contribution in [0, 0.1) is 24.1 Å². The topological polar surface area (TPSA) is 91.1 Å². The molecule has 0 aliphatic rings. The summed E-state index contributed by atoms with van der Waals surface area (Å²) in [4.78, 5) is 21.6. The Morgan fingerprint density at radius 2 is 1.81 bits per heavy atom. The summed E-state index contributed by atoms with van der Waals surface area (Å²) < 4.78 is 13.7. The number of halogens is 1. The molecular weight excluding hydrogens is 403 g/mol. The number of nitrogens with zero attached hydrogens (tertiary/aromatic N) is 5. The van der Waals surface area contributed by atoms with Crippen molar-refractivity contribution in [2.45, 2.75) is 13.3 Å². The summed E-state index contributed by atoms with van der Waals surface area (Å²) in [7, 11) is 0. The number of H-pyrrole nitrogens is 1. The zero-order chi connectivity index (χ0) is 22.1. The van der Waals surface area contributed by atoms with Crippen molar-refractivity contribution < 1.29 is 4.39 Å². The standard InChI is InChI=1S/C25H17FN6/c1-15-3-2-4-21(30-15)25-24(17-6-8-20-22(13-17)29-10-9-28-20)31-23(32-25)12-16-5-7-19(26)18(11-16)14-27/h2-11,13H,12H2,1H3,(H,31,32). The molecule has 0 fully saturated rings. The molecule has 32 heavy (non-hydrogen) atoms. The van der Waals surface area contributed by atoms with Crippen LogP contribution in [0.3, 0.4) is 0 Å². The second-order valence-electron chi connectivity index (χ2n) is 7.43. The van der Waals surface area contributed by atoms with Crippen molar-refractivity contribution in [3.05, 3.63) is 95.5 Å². The number of benzene rings is 2. The molecule has 7 heteroatoms. The Morgan fingerprint density at radius 1 is 0.969 bits per heavy atom. The van der Waals surface area contributed by atoms with E-state index in [2.05, 4.69) is 19.9 Å². The molecule has 2 aromatic carbocycles. The van der Waals surface area contributed by atoms with Gasteiger partial charge < -0.3 is 4.98 Å². The lowest BCUT2D eigenvalue weighted by Crippen LogP contribution is -1.94. The Labute approximate surface area is 183 Å². The van der Waals surface area contributed by atoms with Crippen LogP contribution in [0.4, 0.5) is 4.39 Å². The minimum Gasteiger partial charge on any atom is -0.340 e. The first-order chi connectivity index (χ1) is 15.6. The first-order valence-electron chi connectivity index (χ1n) is 10.0. The summed E-state index contributed by atoms with van der Waals surface area (Å²) in [6.45, 7) is 1.94. The maximum Gasteiger partial charge on any atom is 0.140 e. The number of aryl methyl sites for hydroxylation is 1. The number of pyridine rings is 1. The fraction of sp³-hybridized carbons (Fsp3) is 0.0800. The van der Waals surface area contributed by atoms with E-state index >= 15 is 0 Å². The van der Waals surface area contributed by atoms with Gasteiger partial charge in [0.15, 0.2) is 0 Å². The van der Waals surface area contributed by atoms with E-state index in [4.69, 9.17) is 10.2 Å². The Balaban J connectivity index is 1.63. The van der Waals surface area contributed by atoms with Crippen LogP contribution >= 0.6 is 0 Å². The van der Waals surface area contributed by atoms with E-state index in [0.29, 0.717) is 12.2 Å². The molecule has 6 nitrogen and oxygen atoms in total. The van der Waals surface area contributed by atoms with Gasteiger partial charge in [-0.15, -0.1) is 0 Å². The highest BCUT2D eigenvalue weighted by molar-refractivity contribution is 5.84. The third kappa shape index (κ3) is 3.70. The van der Waals surface area contributed by atoms with Crippen molar-refractivity contribution in [1.29, 1.82) is 5.26 Å². The molecule has 154 valence electrons. The smallest absolute Gasteiger partial charge is 0.140 e. The number of hydrogen-bond acceptors (Lipinski definition) is 5. The predicted molar refractivity (Wildman–Crippen MR) is 119 cm³/mol. The summed E-state index contributed by atoms with van der Waals surface area (Å²) in [6.07, 6.45) is 3.74. The number of fused-ring (bicyclic) bond motifs is 1. The minimum absolute atomic E-state index is 0.0166. The maximum atomic E-state index is 13.7. The van der Waals surface area contributed by atoms with Gasteiger partial charge >= 0.3 is 0 Å². The molecule has 1 N–H and O–H groups in total. The Morgan fingerprint density at radius 3 is 2.62 bits per heavy atom. The quantitative estimate of drug-likeness (QED) is 0.442. The number of nitrogens with one attached hydrogen (secondary N) is 1. The zero-order valence-corrected chi connectivity index (χ0v) is 17.2. The minimum atomic E-state index is -0.529. The molecule has 0 amide bonds. The fourth-order valence-electron chi connectivity index (χ4n) is 3.65. The first kappa shape index (κ1) is 19.5. The second-order valence-corrected chi connectivity index (χ2v) is 7.43. The fourth-order valence-corrected chi connectivity index (χ4v) is 3.65. The predicted octanol–water partition coefficient (Wildman–Crippen LogP) is 4.99. The number of imidazole rings is 1. The molecule has 0 aliphatic heterocycles. The number of rotatable bonds is 4. The summed E-state index contributed by atoms with van der Waals surface area (Å²) in [5, 5.41) is 9.13. The van der Waals surface area contributed by atoms with E-state index in [9.17, 15) is 4.39 Å². The molecular formula is C25H17FN6. The zero-order valence-electron chi connectivity index (χ0n) is 17.2. The Kier molecular flexibility index (Phi) is 4.88. The van der Waals surface area contributed by atoms with E-state index in [1.807, 2.05) is 49.4 Å². The molecule has 5 aromatic rings. The van der Waals surface area contributed by atoms with E-state index in [0.717, 1.165) is 44.9 Å². The van der Waals surface area contributed by atoms with Crippen LogP contribution in [0.1, 0.15) is 22.6 Å².